The van der Waals surface area contributed by atoms with Crippen LogP contribution in [-0.2, 0) is 4.74 Å². The first-order valence-electron chi connectivity index (χ1n) is 7.76. The van der Waals surface area contributed by atoms with Gasteiger partial charge in [-0.2, -0.15) is 0 Å². The third kappa shape index (κ3) is 4.92. The van der Waals surface area contributed by atoms with Crippen molar-refractivity contribution in [2.45, 2.75) is 65.5 Å². The Hall–Kier alpha value is -0.860. The van der Waals surface area contributed by atoms with Crippen molar-refractivity contribution >= 4 is 0 Å². The summed E-state index contributed by atoms with van der Waals surface area (Å²) >= 11 is 0. The highest BCUT2D eigenvalue weighted by molar-refractivity contribution is 5.36. The molecule has 0 heterocycles. The molecule has 1 aromatic carbocycles. The van der Waals surface area contributed by atoms with Crippen LogP contribution >= 0.6 is 0 Å². The number of benzene rings is 1. The molecule has 0 saturated heterocycles. The molecule has 0 spiro atoms. The number of ether oxygens (including phenoxy) is 1. The lowest BCUT2D eigenvalue weighted by atomic mass is 9.90. The molecule has 2 heteroatoms. The average Bonchev–Trinajstić information content (AvgIpc) is 2.40. The summed E-state index contributed by atoms with van der Waals surface area (Å²) in [5.41, 5.74) is 4.18. The van der Waals surface area contributed by atoms with E-state index >= 15 is 0 Å². The lowest BCUT2D eigenvalue weighted by molar-refractivity contribution is 0.0116. The van der Waals surface area contributed by atoms with Crippen molar-refractivity contribution < 1.29 is 4.74 Å². The lowest BCUT2D eigenvalue weighted by Crippen LogP contribution is -2.28. The molecule has 1 rings (SSSR count). The molecule has 0 fully saturated rings. The number of aryl methyl sites for hydroxylation is 2. The minimum Gasteiger partial charge on any atom is -0.379 e. The molecule has 0 bridgehead atoms. The molecular formula is C18H31NO. The number of rotatable bonds is 8. The second kappa shape index (κ2) is 7.80. The number of hydrogen-bond donors (Lipinski definition) is 1. The zero-order valence-corrected chi connectivity index (χ0v) is 14.0. The van der Waals surface area contributed by atoms with Crippen LogP contribution in [0.1, 0.15) is 62.8 Å². The monoisotopic (exact) mass is 277 g/mol. The molecular weight excluding hydrogens is 246 g/mol. The van der Waals surface area contributed by atoms with Gasteiger partial charge in [-0.1, -0.05) is 25.1 Å². The van der Waals surface area contributed by atoms with Crippen LogP contribution in [0.3, 0.4) is 0 Å². The van der Waals surface area contributed by atoms with Gasteiger partial charge in [0.2, 0.25) is 0 Å². The van der Waals surface area contributed by atoms with E-state index in [0.717, 1.165) is 25.8 Å². The number of nitrogens with one attached hydrogen (secondary N) is 1. The SMILES string of the molecule is CCCNC(CCC(C)(C)OC)c1c(C)cccc1C. The fourth-order valence-electron chi connectivity index (χ4n) is 2.64. The quantitative estimate of drug-likeness (QED) is 0.752. The Morgan fingerprint density at radius 2 is 1.80 bits per heavy atom. The molecule has 20 heavy (non-hydrogen) atoms. The molecule has 0 amide bonds. The standard InChI is InChI=1S/C18H31NO/c1-7-13-19-16(11-12-18(4,5)20-6)17-14(2)9-8-10-15(17)3/h8-10,16,19H,7,11-13H2,1-6H3. The molecule has 0 aliphatic rings. The van der Waals surface area contributed by atoms with E-state index < -0.39 is 0 Å². The van der Waals surface area contributed by atoms with Gasteiger partial charge in [-0.15, -0.1) is 0 Å². The van der Waals surface area contributed by atoms with E-state index in [1.165, 1.54) is 16.7 Å². The first-order valence-corrected chi connectivity index (χ1v) is 7.76. The van der Waals surface area contributed by atoms with Crippen molar-refractivity contribution in [2.24, 2.45) is 0 Å². The Kier molecular flexibility index (Phi) is 6.70. The van der Waals surface area contributed by atoms with E-state index in [1.54, 1.807) is 7.11 Å². The van der Waals surface area contributed by atoms with Crippen LogP contribution in [0.25, 0.3) is 0 Å². The first kappa shape index (κ1) is 17.2. The molecule has 0 aromatic heterocycles. The maximum Gasteiger partial charge on any atom is 0.0623 e. The molecule has 1 atom stereocenters. The maximum absolute atomic E-state index is 5.56. The fraction of sp³-hybridized carbons (Fsp3) is 0.667. The normalized spacial score (nSPS) is 13.5. The van der Waals surface area contributed by atoms with Gasteiger partial charge in [-0.25, -0.2) is 0 Å². The van der Waals surface area contributed by atoms with Gasteiger partial charge >= 0.3 is 0 Å². The van der Waals surface area contributed by atoms with Gasteiger partial charge in [0.1, 0.15) is 0 Å². The molecule has 0 aliphatic heterocycles. The molecule has 0 radical (unpaired) electrons. The van der Waals surface area contributed by atoms with Gasteiger partial charge < -0.3 is 10.1 Å². The summed E-state index contributed by atoms with van der Waals surface area (Å²) in [6, 6.07) is 6.99. The van der Waals surface area contributed by atoms with Gasteiger partial charge in [-0.3, -0.25) is 0 Å². The zero-order chi connectivity index (χ0) is 15.2. The van der Waals surface area contributed by atoms with E-state index in [0.29, 0.717) is 6.04 Å². The summed E-state index contributed by atoms with van der Waals surface area (Å²) in [6.45, 7) is 12.0. The smallest absolute Gasteiger partial charge is 0.0623 e. The Balaban J connectivity index is 2.89. The van der Waals surface area contributed by atoms with Gasteiger partial charge in [0.25, 0.3) is 0 Å². The van der Waals surface area contributed by atoms with Crippen molar-refractivity contribution in [3.8, 4) is 0 Å². The lowest BCUT2D eigenvalue weighted by Gasteiger charge is -2.28. The van der Waals surface area contributed by atoms with Gasteiger partial charge in [0.05, 0.1) is 5.60 Å². The second-order valence-electron chi connectivity index (χ2n) is 6.31. The van der Waals surface area contributed by atoms with Crippen molar-refractivity contribution in [3.63, 3.8) is 0 Å². The minimum atomic E-state index is -0.0528. The second-order valence-corrected chi connectivity index (χ2v) is 6.31. The molecule has 0 saturated carbocycles. The Labute approximate surface area is 124 Å². The van der Waals surface area contributed by atoms with E-state index in [4.69, 9.17) is 4.74 Å². The maximum atomic E-state index is 5.56. The van der Waals surface area contributed by atoms with Crippen molar-refractivity contribution in [2.75, 3.05) is 13.7 Å². The van der Waals surface area contributed by atoms with Crippen LogP contribution in [0.5, 0.6) is 0 Å². The number of hydrogen-bond acceptors (Lipinski definition) is 2. The van der Waals surface area contributed by atoms with Crippen molar-refractivity contribution in [1.82, 2.24) is 5.32 Å². The summed E-state index contributed by atoms with van der Waals surface area (Å²) in [4.78, 5) is 0. The summed E-state index contributed by atoms with van der Waals surface area (Å²) in [7, 11) is 1.80. The molecule has 0 aliphatic carbocycles. The van der Waals surface area contributed by atoms with E-state index in [-0.39, 0.29) is 5.60 Å². The largest absolute Gasteiger partial charge is 0.379 e. The van der Waals surface area contributed by atoms with Crippen LogP contribution in [0, 0.1) is 13.8 Å². The fourth-order valence-corrected chi connectivity index (χ4v) is 2.64. The Morgan fingerprint density at radius 3 is 2.30 bits per heavy atom. The summed E-state index contributed by atoms with van der Waals surface area (Å²) in [6.07, 6.45) is 3.32. The highest BCUT2D eigenvalue weighted by atomic mass is 16.5. The third-order valence-electron chi connectivity index (χ3n) is 4.12. The van der Waals surface area contributed by atoms with E-state index in [2.05, 4.69) is 58.1 Å². The summed E-state index contributed by atoms with van der Waals surface area (Å²) < 4.78 is 5.56. The first-order chi connectivity index (χ1) is 9.41. The molecule has 2 nitrogen and oxygen atoms in total. The van der Waals surface area contributed by atoms with Crippen LogP contribution in [0.15, 0.2) is 18.2 Å². The predicted octanol–water partition coefficient (Wildman–Crippen LogP) is 4.55. The van der Waals surface area contributed by atoms with E-state index in [9.17, 15) is 0 Å². The topological polar surface area (TPSA) is 21.3 Å². The summed E-state index contributed by atoms with van der Waals surface area (Å²) in [5.74, 6) is 0. The molecule has 1 aromatic rings. The van der Waals surface area contributed by atoms with Gasteiger partial charge in [-0.05, 0) is 70.2 Å². The minimum absolute atomic E-state index is 0.0528. The Morgan fingerprint density at radius 1 is 1.20 bits per heavy atom. The zero-order valence-electron chi connectivity index (χ0n) is 14.0. The van der Waals surface area contributed by atoms with E-state index in [1.807, 2.05) is 0 Å². The molecule has 114 valence electrons. The number of methoxy groups -OCH3 is 1. The van der Waals surface area contributed by atoms with Crippen LogP contribution < -0.4 is 5.32 Å². The van der Waals surface area contributed by atoms with Gasteiger partial charge in [0.15, 0.2) is 0 Å². The van der Waals surface area contributed by atoms with Crippen LogP contribution in [0.4, 0.5) is 0 Å². The van der Waals surface area contributed by atoms with Crippen molar-refractivity contribution in [1.29, 1.82) is 0 Å². The van der Waals surface area contributed by atoms with Crippen LogP contribution in [0.2, 0.25) is 0 Å². The Bertz CT molecular complexity index is 392. The highest BCUT2D eigenvalue weighted by Gasteiger charge is 2.21. The van der Waals surface area contributed by atoms with Crippen LogP contribution in [-0.4, -0.2) is 19.3 Å². The van der Waals surface area contributed by atoms with Gasteiger partial charge in [0, 0.05) is 13.2 Å². The molecule has 1 unspecified atom stereocenters. The van der Waals surface area contributed by atoms with Crippen molar-refractivity contribution in [3.05, 3.63) is 34.9 Å². The average molecular weight is 277 g/mol. The highest BCUT2D eigenvalue weighted by Crippen LogP contribution is 2.28. The summed E-state index contributed by atoms with van der Waals surface area (Å²) in [5, 5.41) is 3.71. The predicted molar refractivity (Wildman–Crippen MR) is 87.3 cm³/mol. The molecule has 1 N–H and O–H groups in total. The third-order valence-corrected chi connectivity index (χ3v) is 4.12.